The monoisotopic (exact) mass is 276 g/mol. The number of aromatic hydroxyl groups is 1. The van der Waals surface area contributed by atoms with Crippen molar-refractivity contribution < 1.29 is 14.7 Å². The molecule has 102 valence electrons. The number of ketones is 2. The number of carbonyl (C=O) groups is 2. The highest BCUT2D eigenvalue weighted by Crippen LogP contribution is 2.18. The highest BCUT2D eigenvalue weighted by molar-refractivity contribution is 6.49. The van der Waals surface area contributed by atoms with Gasteiger partial charge in [-0.1, -0.05) is 36.4 Å². The van der Waals surface area contributed by atoms with Crippen LogP contribution in [-0.2, 0) is 0 Å². The highest BCUT2D eigenvalue weighted by Gasteiger charge is 2.18. The summed E-state index contributed by atoms with van der Waals surface area (Å²) in [5, 5.41) is 11.2. The van der Waals surface area contributed by atoms with E-state index in [9.17, 15) is 14.7 Å². The molecule has 21 heavy (non-hydrogen) atoms. The standard InChI is InChI=1S/C18H12O3/c19-16-9-7-13(8-10-16)17(20)18(21)15-6-5-12-3-1-2-4-14(12)11-15/h1-11,19H. The minimum atomic E-state index is -0.578. The van der Waals surface area contributed by atoms with Gasteiger partial charge in [0.05, 0.1) is 0 Å². The van der Waals surface area contributed by atoms with E-state index in [1.54, 1.807) is 12.1 Å². The van der Waals surface area contributed by atoms with Crippen molar-refractivity contribution in [3.63, 3.8) is 0 Å². The second-order valence-corrected chi connectivity index (χ2v) is 4.77. The number of benzene rings is 3. The largest absolute Gasteiger partial charge is 0.508 e. The molecule has 0 heterocycles. The molecule has 0 amide bonds. The van der Waals surface area contributed by atoms with Gasteiger partial charge in [0.25, 0.3) is 0 Å². The molecule has 3 aromatic carbocycles. The van der Waals surface area contributed by atoms with Crippen molar-refractivity contribution in [2.75, 3.05) is 0 Å². The molecular weight excluding hydrogens is 264 g/mol. The van der Waals surface area contributed by atoms with Crippen LogP contribution in [0, 0.1) is 0 Å². The lowest BCUT2D eigenvalue weighted by Gasteiger charge is -2.03. The van der Waals surface area contributed by atoms with Crippen LogP contribution in [0.1, 0.15) is 20.7 Å². The van der Waals surface area contributed by atoms with E-state index in [0.29, 0.717) is 5.56 Å². The molecule has 0 unspecified atom stereocenters. The van der Waals surface area contributed by atoms with Crippen LogP contribution in [0.2, 0.25) is 0 Å². The normalized spacial score (nSPS) is 10.5. The lowest BCUT2D eigenvalue weighted by atomic mass is 9.99. The molecule has 0 atom stereocenters. The van der Waals surface area contributed by atoms with Crippen LogP contribution in [0.4, 0.5) is 0 Å². The Morgan fingerprint density at radius 3 is 1.95 bits per heavy atom. The second-order valence-electron chi connectivity index (χ2n) is 4.77. The number of hydrogen-bond donors (Lipinski definition) is 1. The molecule has 0 saturated carbocycles. The lowest BCUT2D eigenvalue weighted by Crippen LogP contribution is -2.14. The van der Waals surface area contributed by atoms with Gasteiger partial charge in [0, 0.05) is 11.1 Å². The minimum Gasteiger partial charge on any atom is -0.508 e. The van der Waals surface area contributed by atoms with Crippen molar-refractivity contribution in [1.29, 1.82) is 0 Å². The van der Waals surface area contributed by atoms with Gasteiger partial charge < -0.3 is 5.11 Å². The van der Waals surface area contributed by atoms with E-state index in [0.717, 1.165) is 10.8 Å². The van der Waals surface area contributed by atoms with Gasteiger partial charge >= 0.3 is 0 Å². The molecule has 1 N–H and O–H groups in total. The topological polar surface area (TPSA) is 54.4 Å². The molecule has 0 spiro atoms. The Kier molecular flexibility index (Phi) is 3.24. The summed E-state index contributed by atoms with van der Waals surface area (Å²) < 4.78 is 0. The summed E-state index contributed by atoms with van der Waals surface area (Å²) in [6, 6.07) is 18.5. The Morgan fingerprint density at radius 2 is 1.24 bits per heavy atom. The van der Waals surface area contributed by atoms with Crippen LogP contribution in [-0.4, -0.2) is 16.7 Å². The fraction of sp³-hybridized carbons (Fsp3) is 0. The van der Waals surface area contributed by atoms with Gasteiger partial charge in [-0.15, -0.1) is 0 Å². The molecule has 0 saturated heterocycles. The molecular formula is C18H12O3. The third-order valence-corrected chi connectivity index (χ3v) is 3.35. The van der Waals surface area contributed by atoms with Gasteiger partial charge in [-0.3, -0.25) is 9.59 Å². The summed E-state index contributed by atoms with van der Waals surface area (Å²) in [6.45, 7) is 0. The van der Waals surface area contributed by atoms with E-state index < -0.39 is 11.6 Å². The SMILES string of the molecule is O=C(C(=O)c1ccc2ccccc2c1)c1ccc(O)cc1. The number of Topliss-reactive ketones (excluding diaryl/α,β-unsaturated/α-hetero) is 2. The number of carbonyl (C=O) groups excluding carboxylic acids is 2. The fourth-order valence-electron chi connectivity index (χ4n) is 2.21. The predicted molar refractivity (Wildman–Crippen MR) is 80.7 cm³/mol. The smallest absolute Gasteiger partial charge is 0.233 e. The van der Waals surface area contributed by atoms with Gasteiger partial charge in [0.2, 0.25) is 11.6 Å². The summed E-state index contributed by atoms with van der Waals surface area (Å²) in [5.41, 5.74) is 0.637. The van der Waals surface area contributed by atoms with Gasteiger partial charge in [-0.05, 0) is 41.1 Å². The molecule has 0 aliphatic heterocycles. The van der Waals surface area contributed by atoms with Crippen LogP contribution < -0.4 is 0 Å². The molecule has 0 aliphatic carbocycles. The van der Waals surface area contributed by atoms with Crippen molar-refractivity contribution >= 4 is 22.3 Å². The Hall–Kier alpha value is -2.94. The Bertz CT molecular complexity index is 832. The van der Waals surface area contributed by atoms with Crippen LogP contribution in [0.5, 0.6) is 5.75 Å². The summed E-state index contributed by atoms with van der Waals surface area (Å²) in [6.07, 6.45) is 0. The van der Waals surface area contributed by atoms with Crippen molar-refractivity contribution in [2.45, 2.75) is 0 Å². The molecule has 0 aromatic heterocycles. The zero-order valence-corrected chi connectivity index (χ0v) is 11.1. The summed E-state index contributed by atoms with van der Waals surface area (Å²) in [5.74, 6) is -1.07. The van der Waals surface area contributed by atoms with E-state index >= 15 is 0 Å². The molecule has 0 radical (unpaired) electrons. The maximum absolute atomic E-state index is 12.3. The first kappa shape index (κ1) is 13.1. The maximum atomic E-state index is 12.3. The van der Waals surface area contributed by atoms with E-state index in [-0.39, 0.29) is 11.3 Å². The molecule has 0 aliphatic rings. The van der Waals surface area contributed by atoms with Gasteiger partial charge in [-0.25, -0.2) is 0 Å². The molecule has 3 aromatic rings. The van der Waals surface area contributed by atoms with E-state index in [1.807, 2.05) is 30.3 Å². The van der Waals surface area contributed by atoms with Crippen LogP contribution >= 0.6 is 0 Å². The first-order chi connectivity index (χ1) is 10.1. The molecule has 3 heteroatoms. The van der Waals surface area contributed by atoms with E-state index in [2.05, 4.69) is 0 Å². The number of rotatable bonds is 3. The van der Waals surface area contributed by atoms with E-state index in [4.69, 9.17) is 0 Å². The Morgan fingerprint density at radius 1 is 0.667 bits per heavy atom. The van der Waals surface area contributed by atoms with Crippen molar-refractivity contribution in [3.05, 3.63) is 77.9 Å². The van der Waals surface area contributed by atoms with Gasteiger partial charge in [0.15, 0.2) is 0 Å². The third kappa shape index (κ3) is 2.54. The zero-order valence-electron chi connectivity index (χ0n) is 11.1. The fourth-order valence-corrected chi connectivity index (χ4v) is 2.21. The maximum Gasteiger partial charge on any atom is 0.233 e. The summed E-state index contributed by atoms with van der Waals surface area (Å²) >= 11 is 0. The van der Waals surface area contributed by atoms with Crippen molar-refractivity contribution in [3.8, 4) is 5.75 Å². The van der Waals surface area contributed by atoms with Crippen LogP contribution in [0.15, 0.2) is 66.7 Å². The average molecular weight is 276 g/mol. The Balaban J connectivity index is 1.96. The van der Waals surface area contributed by atoms with Crippen molar-refractivity contribution in [2.24, 2.45) is 0 Å². The Labute approximate surface area is 121 Å². The molecule has 3 rings (SSSR count). The van der Waals surface area contributed by atoms with Crippen LogP contribution in [0.25, 0.3) is 10.8 Å². The third-order valence-electron chi connectivity index (χ3n) is 3.35. The molecule has 0 bridgehead atoms. The van der Waals surface area contributed by atoms with Crippen LogP contribution in [0.3, 0.4) is 0 Å². The predicted octanol–water partition coefficient (Wildman–Crippen LogP) is 3.61. The number of phenols is 1. The van der Waals surface area contributed by atoms with E-state index in [1.165, 1.54) is 24.3 Å². The summed E-state index contributed by atoms with van der Waals surface area (Å²) in [4.78, 5) is 24.4. The number of hydrogen-bond acceptors (Lipinski definition) is 3. The van der Waals surface area contributed by atoms with Gasteiger partial charge in [-0.2, -0.15) is 0 Å². The minimum absolute atomic E-state index is 0.0599. The average Bonchev–Trinajstić information content (AvgIpc) is 2.54. The number of phenolic OH excluding ortho intramolecular Hbond substituents is 1. The molecule has 3 nitrogen and oxygen atoms in total. The van der Waals surface area contributed by atoms with Gasteiger partial charge in [0.1, 0.15) is 5.75 Å². The first-order valence-electron chi connectivity index (χ1n) is 6.52. The lowest BCUT2D eigenvalue weighted by molar-refractivity contribution is 0.0817. The quantitative estimate of drug-likeness (QED) is 0.587. The first-order valence-corrected chi connectivity index (χ1v) is 6.52. The number of fused-ring (bicyclic) bond motifs is 1. The second kappa shape index (κ2) is 5.21. The summed E-state index contributed by atoms with van der Waals surface area (Å²) in [7, 11) is 0. The zero-order chi connectivity index (χ0) is 14.8. The molecule has 0 fully saturated rings. The highest BCUT2D eigenvalue weighted by atomic mass is 16.3. The van der Waals surface area contributed by atoms with Crippen molar-refractivity contribution in [1.82, 2.24) is 0 Å².